The van der Waals surface area contributed by atoms with Gasteiger partial charge in [-0.25, -0.2) is 4.68 Å². The molecule has 3 aromatic carbocycles. The maximum absolute atomic E-state index is 12.8. The monoisotopic (exact) mass is 403 g/mol. The standard InChI is InChI=1S/C23H18ClN3O2/c24-19-12-10-17(11-13-19)22(16-6-2-1-3-7-16)26-21(28)15-27-23(29)20-9-5-4-8-18(20)14-25-27/h1-14,22H,15H2,(H,26,28)/t22-/m1/s1. The van der Waals surface area contributed by atoms with Gasteiger partial charge in [0.1, 0.15) is 6.54 Å². The van der Waals surface area contributed by atoms with Crippen molar-refractivity contribution in [1.82, 2.24) is 15.1 Å². The molecule has 5 nitrogen and oxygen atoms in total. The van der Waals surface area contributed by atoms with Crippen LogP contribution in [0.1, 0.15) is 17.2 Å². The van der Waals surface area contributed by atoms with Crippen LogP contribution in [0.5, 0.6) is 0 Å². The Morgan fingerprint density at radius 2 is 1.59 bits per heavy atom. The van der Waals surface area contributed by atoms with E-state index < -0.39 is 0 Å². The number of rotatable bonds is 5. The minimum absolute atomic E-state index is 0.166. The first-order valence-corrected chi connectivity index (χ1v) is 9.54. The zero-order valence-electron chi connectivity index (χ0n) is 15.5. The Balaban J connectivity index is 1.61. The largest absolute Gasteiger partial charge is 0.344 e. The summed E-state index contributed by atoms with van der Waals surface area (Å²) in [6.07, 6.45) is 1.60. The van der Waals surface area contributed by atoms with Crippen molar-refractivity contribution in [2.24, 2.45) is 0 Å². The molecule has 0 fully saturated rings. The fraction of sp³-hybridized carbons (Fsp3) is 0.0870. The summed E-state index contributed by atoms with van der Waals surface area (Å²) >= 11 is 6.01. The fourth-order valence-corrected chi connectivity index (χ4v) is 3.37. The lowest BCUT2D eigenvalue weighted by atomic mass is 9.98. The van der Waals surface area contributed by atoms with Crippen LogP contribution in [0.4, 0.5) is 0 Å². The highest BCUT2D eigenvalue weighted by atomic mass is 35.5. The normalized spacial score (nSPS) is 11.9. The maximum atomic E-state index is 12.8. The third-order valence-corrected chi connectivity index (χ3v) is 4.95. The maximum Gasteiger partial charge on any atom is 0.275 e. The molecule has 1 atom stereocenters. The predicted molar refractivity (Wildman–Crippen MR) is 114 cm³/mol. The predicted octanol–water partition coefficient (Wildman–Crippen LogP) is 3.96. The van der Waals surface area contributed by atoms with Gasteiger partial charge in [0.05, 0.1) is 17.6 Å². The van der Waals surface area contributed by atoms with Crippen molar-refractivity contribution in [3.8, 4) is 0 Å². The first kappa shape index (κ1) is 18.9. The molecule has 4 rings (SSSR count). The molecule has 29 heavy (non-hydrogen) atoms. The van der Waals surface area contributed by atoms with E-state index in [2.05, 4.69) is 10.4 Å². The van der Waals surface area contributed by atoms with Gasteiger partial charge in [-0.1, -0.05) is 72.3 Å². The highest BCUT2D eigenvalue weighted by Gasteiger charge is 2.18. The Kier molecular flexibility index (Phi) is 5.40. The zero-order chi connectivity index (χ0) is 20.2. The van der Waals surface area contributed by atoms with Crippen molar-refractivity contribution in [2.45, 2.75) is 12.6 Å². The van der Waals surface area contributed by atoms with E-state index >= 15 is 0 Å². The Morgan fingerprint density at radius 3 is 2.34 bits per heavy atom. The van der Waals surface area contributed by atoms with Gasteiger partial charge in [-0.2, -0.15) is 5.10 Å². The van der Waals surface area contributed by atoms with Crippen molar-refractivity contribution in [1.29, 1.82) is 0 Å². The molecule has 0 aliphatic rings. The average molecular weight is 404 g/mol. The molecule has 6 heteroatoms. The van der Waals surface area contributed by atoms with E-state index in [0.29, 0.717) is 10.4 Å². The van der Waals surface area contributed by atoms with Crippen LogP contribution in [0.25, 0.3) is 10.8 Å². The van der Waals surface area contributed by atoms with Gasteiger partial charge < -0.3 is 5.32 Å². The summed E-state index contributed by atoms with van der Waals surface area (Å²) in [4.78, 5) is 25.4. The van der Waals surface area contributed by atoms with Crippen LogP contribution in [-0.2, 0) is 11.3 Å². The van der Waals surface area contributed by atoms with Crippen molar-refractivity contribution in [3.63, 3.8) is 0 Å². The lowest BCUT2D eigenvalue weighted by Gasteiger charge is -2.20. The van der Waals surface area contributed by atoms with Crippen LogP contribution < -0.4 is 10.9 Å². The van der Waals surface area contributed by atoms with Gasteiger partial charge in [0.25, 0.3) is 5.56 Å². The molecule has 0 aliphatic carbocycles. The van der Waals surface area contributed by atoms with Crippen LogP contribution >= 0.6 is 11.6 Å². The Morgan fingerprint density at radius 1 is 0.931 bits per heavy atom. The highest BCUT2D eigenvalue weighted by molar-refractivity contribution is 6.30. The molecule has 4 aromatic rings. The van der Waals surface area contributed by atoms with Crippen LogP contribution in [0.3, 0.4) is 0 Å². The van der Waals surface area contributed by atoms with Gasteiger partial charge in [0.2, 0.25) is 5.91 Å². The number of fused-ring (bicyclic) bond motifs is 1. The third-order valence-electron chi connectivity index (χ3n) is 4.70. The number of amides is 1. The van der Waals surface area contributed by atoms with E-state index in [1.807, 2.05) is 54.6 Å². The summed E-state index contributed by atoms with van der Waals surface area (Å²) < 4.78 is 1.18. The number of hydrogen-bond acceptors (Lipinski definition) is 3. The van der Waals surface area contributed by atoms with E-state index in [1.165, 1.54) is 4.68 Å². The number of carbonyl (C=O) groups is 1. The molecule has 144 valence electrons. The van der Waals surface area contributed by atoms with E-state index in [-0.39, 0.29) is 24.1 Å². The number of hydrogen-bond donors (Lipinski definition) is 1. The van der Waals surface area contributed by atoms with Crippen LogP contribution in [0, 0.1) is 0 Å². The molecule has 0 bridgehead atoms. The van der Waals surface area contributed by atoms with E-state index in [0.717, 1.165) is 16.5 Å². The quantitative estimate of drug-likeness (QED) is 0.548. The van der Waals surface area contributed by atoms with Gasteiger partial charge >= 0.3 is 0 Å². The number of benzene rings is 3. The van der Waals surface area contributed by atoms with Gasteiger partial charge in [-0.15, -0.1) is 0 Å². The first-order chi connectivity index (χ1) is 14.1. The number of carbonyl (C=O) groups excluding carboxylic acids is 1. The lowest BCUT2D eigenvalue weighted by Crippen LogP contribution is -2.36. The summed E-state index contributed by atoms with van der Waals surface area (Å²) in [5, 5.41) is 9.05. The topological polar surface area (TPSA) is 64.0 Å². The SMILES string of the molecule is O=C(Cn1ncc2ccccc2c1=O)N[C@H](c1ccccc1)c1ccc(Cl)cc1. The van der Waals surface area contributed by atoms with Crippen molar-refractivity contribution in [2.75, 3.05) is 0 Å². The Bertz CT molecular complexity index is 1200. The molecule has 0 unspecified atom stereocenters. The number of nitrogens with zero attached hydrogens (tertiary/aromatic N) is 2. The summed E-state index contributed by atoms with van der Waals surface area (Å²) in [6.45, 7) is -0.166. The molecule has 0 saturated carbocycles. The van der Waals surface area contributed by atoms with Gasteiger partial charge in [0.15, 0.2) is 0 Å². The second-order valence-corrected chi connectivity index (χ2v) is 7.09. The molecular weight excluding hydrogens is 386 g/mol. The van der Waals surface area contributed by atoms with E-state index in [1.54, 1.807) is 30.5 Å². The molecule has 0 radical (unpaired) electrons. The third kappa shape index (κ3) is 4.20. The number of nitrogens with one attached hydrogen (secondary N) is 1. The summed E-state index contributed by atoms with van der Waals surface area (Å²) in [6, 6.07) is 23.8. The summed E-state index contributed by atoms with van der Waals surface area (Å²) in [7, 11) is 0. The molecular formula is C23H18ClN3O2. The summed E-state index contributed by atoms with van der Waals surface area (Å²) in [5.74, 6) is -0.307. The fourth-order valence-electron chi connectivity index (χ4n) is 3.24. The first-order valence-electron chi connectivity index (χ1n) is 9.16. The minimum Gasteiger partial charge on any atom is -0.344 e. The smallest absolute Gasteiger partial charge is 0.275 e. The van der Waals surface area contributed by atoms with Crippen LogP contribution in [0.2, 0.25) is 5.02 Å². The van der Waals surface area contributed by atoms with Crippen molar-refractivity contribution < 1.29 is 4.79 Å². The molecule has 1 amide bonds. The van der Waals surface area contributed by atoms with E-state index in [4.69, 9.17) is 11.6 Å². The Hall–Kier alpha value is -3.44. The molecule has 1 aromatic heterocycles. The molecule has 0 aliphatic heterocycles. The highest BCUT2D eigenvalue weighted by Crippen LogP contribution is 2.23. The minimum atomic E-state index is -0.364. The van der Waals surface area contributed by atoms with Crippen LogP contribution in [-0.4, -0.2) is 15.7 Å². The lowest BCUT2D eigenvalue weighted by molar-refractivity contribution is -0.122. The van der Waals surface area contributed by atoms with E-state index in [9.17, 15) is 9.59 Å². The molecule has 0 spiro atoms. The molecule has 1 heterocycles. The zero-order valence-corrected chi connectivity index (χ0v) is 16.2. The average Bonchev–Trinajstić information content (AvgIpc) is 2.76. The second kappa shape index (κ2) is 8.29. The number of halogens is 1. The summed E-state index contributed by atoms with van der Waals surface area (Å²) in [5.41, 5.74) is 1.54. The molecule has 0 saturated heterocycles. The molecule has 1 N–H and O–H groups in total. The Labute approximate surface area is 172 Å². The van der Waals surface area contributed by atoms with Gasteiger partial charge in [0, 0.05) is 10.4 Å². The van der Waals surface area contributed by atoms with Crippen LogP contribution in [0.15, 0.2) is 89.9 Å². The second-order valence-electron chi connectivity index (χ2n) is 6.66. The van der Waals surface area contributed by atoms with Gasteiger partial charge in [-0.05, 0) is 29.3 Å². The number of aromatic nitrogens is 2. The van der Waals surface area contributed by atoms with Crippen molar-refractivity contribution >= 4 is 28.3 Å². The van der Waals surface area contributed by atoms with Gasteiger partial charge in [-0.3, -0.25) is 9.59 Å². The van der Waals surface area contributed by atoms with Crippen molar-refractivity contribution in [3.05, 3.63) is 112 Å².